The summed E-state index contributed by atoms with van der Waals surface area (Å²) in [7, 11) is -3.93. The van der Waals surface area contributed by atoms with Gasteiger partial charge in [-0.2, -0.15) is 0 Å². The number of aliphatic hydroxyl groups is 1. The number of H-pyrrole nitrogens is 1. The van der Waals surface area contributed by atoms with Crippen LogP contribution >= 0.6 is 0 Å². The number of aromatic amines is 1. The van der Waals surface area contributed by atoms with Crippen molar-refractivity contribution in [3.63, 3.8) is 0 Å². The first kappa shape index (κ1) is 19.9. The highest BCUT2D eigenvalue weighted by Crippen LogP contribution is 2.27. The van der Waals surface area contributed by atoms with E-state index in [1.54, 1.807) is 57.2 Å². The molecule has 3 aromatic rings. The number of pyridine rings is 1. The standard InChI is InChI=1S/C20H22N2O5S/c1-13-10-14-11-15(8-9-16(14)21-19(13)23)22-28(25,26)18-7-5-4-6-17(18)27-12-20(2,3)24/h4-11,22,24H,12H2,1-3H3,(H,21,23). The van der Waals surface area contributed by atoms with E-state index < -0.39 is 15.6 Å². The first-order valence-corrected chi connectivity index (χ1v) is 10.1. The quantitative estimate of drug-likeness (QED) is 0.587. The number of aryl methyl sites for hydroxylation is 1. The molecule has 28 heavy (non-hydrogen) atoms. The summed E-state index contributed by atoms with van der Waals surface area (Å²) < 4.78 is 33.8. The molecule has 0 amide bonds. The minimum atomic E-state index is -3.93. The summed E-state index contributed by atoms with van der Waals surface area (Å²) in [6.45, 7) is 4.78. The molecule has 3 rings (SSSR count). The third-order valence-electron chi connectivity index (χ3n) is 4.00. The maximum Gasteiger partial charge on any atom is 0.265 e. The average molecular weight is 402 g/mol. The zero-order valence-corrected chi connectivity index (χ0v) is 16.6. The molecular weight excluding hydrogens is 380 g/mol. The lowest BCUT2D eigenvalue weighted by molar-refractivity contribution is 0.0274. The molecule has 0 aliphatic carbocycles. The van der Waals surface area contributed by atoms with E-state index in [4.69, 9.17) is 4.74 Å². The van der Waals surface area contributed by atoms with Gasteiger partial charge in [-0.1, -0.05) is 12.1 Å². The summed E-state index contributed by atoms with van der Waals surface area (Å²) in [5.41, 5.74) is 0.234. The zero-order valence-electron chi connectivity index (χ0n) is 15.8. The molecule has 0 saturated heterocycles. The number of benzene rings is 2. The normalized spacial score (nSPS) is 12.1. The Morgan fingerprint density at radius 2 is 1.86 bits per heavy atom. The third kappa shape index (κ3) is 4.52. The van der Waals surface area contributed by atoms with E-state index in [9.17, 15) is 18.3 Å². The van der Waals surface area contributed by atoms with E-state index in [1.165, 1.54) is 12.1 Å². The Hall–Kier alpha value is -2.84. The van der Waals surface area contributed by atoms with E-state index in [1.807, 2.05) is 0 Å². The Balaban J connectivity index is 1.93. The summed E-state index contributed by atoms with van der Waals surface area (Å²) in [6, 6.07) is 12.8. The van der Waals surface area contributed by atoms with Gasteiger partial charge in [-0.05, 0) is 57.2 Å². The molecule has 2 aromatic carbocycles. The number of sulfonamides is 1. The van der Waals surface area contributed by atoms with Crippen LogP contribution in [0.25, 0.3) is 10.9 Å². The van der Waals surface area contributed by atoms with E-state index >= 15 is 0 Å². The van der Waals surface area contributed by atoms with Gasteiger partial charge in [0.15, 0.2) is 0 Å². The molecule has 7 nitrogen and oxygen atoms in total. The van der Waals surface area contributed by atoms with Crippen LogP contribution in [0.1, 0.15) is 19.4 Å². The Kier molecular flexibility index (Phi) is 5.18. The first-order valence-electron chi connectivity index (χ1n) is 8.66. The van der Waals surface area contributed by atoms with Crippen LogP contribution in [0.15, 0.2) is 58.2 Å². The fraction of sp³-hybridized carbons (Fsp3) is 0.250. The monoisotopic (exact) mass is 402 g/mol. The van der Waals surface area contributed by atoms with Crippen molar-refractivity contribution in [2.24, 2.45) is 0 Å². The van der Waals surface area contributed by atoms with Crippen LogP contribution in [0.5, 0.6) is 5.75 Å². The van der Waals surface area contributed by atoms with E-state index in [0.717, 1.165) is 0 Å². The summed E-state index contributed by atoms with van der Waals surface area (Å²) in [4.78, 5) is 14.4. The summed E-state index contributed by atoms with van der Waals surface area (Å²) in [5, 5.41) is 10.5. The largest absolute Gasteiger partial charge is 0.489 e. The number of hydrogen-bond donors (Lipinski definition) is 3. The maximum absolute atomic E-state index is 12.9. The summed E-state index contributed by atoms with van der Waals surface area (Å²) >= 11 is 0. The average Bonchev–Trinajstić information content (AvgIpc) is 2.60. The second-order valence-corrected chi connectivity index (χ2v) is 8.89. The molecule has 8 heteroatoms. The molecule has 0 saturated carbocycles. The number of ether oxygens (including phenoxy) is 1. The summed E-state index contributed by atoms with van der Waals surface area (Å²) in [6.07, 6.45) is 0. The van der Waals surface area contributed by atoms with Crippen molar-refractivity contribution in [3.8, 4) is 5.75 Å². The van der Waals surface area contributed by atoms with Gasteiger partial charge in [0, 0.05) is 22.2 Å². The zero-order chi connectivity index (χ0) is 20.5. The van der Waals surface area contributed by atoms with Gasteiger partial charge in [-0.3, -0.25) is 9.52 Å². The predicted molar refractivity (Wildman–Crippen MR) is 108 cm³/mol. The van der Waals surface area contributed by atoms with Gasteiger partial charge in [0.25, 0.3) is 15.6 Å². The van der Waals surface area contributed by atoms with E-state index in [-0.39, 0.29) is 22.8 Å². The first-order chi connectivity index (χ1) is 13.0. The van der Waals surface area contributed by atoms with Crippen LogP contribution in [0.3, 0.4) is 0 Å². The lowest BCUT2D eigenvalue weighted by Crippen LogP contribution is -2.28. The molecule has 0 aliphatic heterocycles. The van der Waals surface area contributed by atoms with Crippen LogP contribution in [0.2, 0.25) is 0 Å². The van der Waals surface area contributed by atoms with Gasteiger partial charge in [-0.15, -0.1) is 0 Å². The van der Waals surface area contributed by atoms with Gasteiger partial charge in [0.2, 0.25) is 0 Å². The van der Waals surface area contributed by atoms with Crippen molar-refractivity contribution in [1.29, 1.82) is 0 Å². The second kappa shape index (κ2) is 7.29. The van der Waals surface area contributed by atoms with Gasteiger partial charge in [0.1, 0.15) is 17.3 Å². The van der Waals surface area contributed by atoms with Crippen molar-refractivity contribution in [1.82, 2.24) is 4.98 Å². The van der Waals surface area contributed by atoms with Crippen LogP contribution in [0.4, 0.5) is 5.69 Å². The molecule has 148 valence electrons. The van der Waals surface area contributed by atoms with E-state index in [2.05, 4.69) is 9.71 Å². The van der Waals surface area contributed by atoms with Crippen molar-refractivity contribution in [2.45, 2.75) is 31.3 Å². The molecule has 0 spiro atoms. The number of aromatic nitrogens is 1. The van der Waals surface area contributed by atoms with Gasteiger partial charge < -0.3 is 14.8 Å². The van der Waals surface area contributed by atoms with Gasteiger partial charge in [0.05, 0.1) is 5.60 Å². The van der Waals surface area contributed by atoms with Gasteiger partial charge in [-0.25, -0.2) is 8.42 Å². The molecule has 0 unspecified atom stereocenters. The predicted octanol–water partition coefficient (Wildman–Crippen LogP) is 2.79. The highest BCUT2D eigenvalue weighted by atomic mass is 32.2. The number of nitrogens with one attached hydrogen (secondary N) is 2. The fourth-order valence-electron chi connectivity index (χ4n) is 2.64. The Morgan fingerprint density at radius 3 is 2.57 bits per heavy atom. The molecule has 1 heterocycles. The van der Waals surface area contributed by atoms with E-state index in [0.29, 0.717) is 22.2 Å². The highest BCUT2D eigenvalue weighted by molar-refractivity contribution is 7.92. The number of para-hydroxylation sites is 1. The SMILES string of the molecule is Cc1cc2cc(NS(=O)(=O)c3ccccc3OCC(C)(C)O)ccc2[nH]c1=O. The molecule has 0 aliphatic rings. The number of rotatable bonds is 6. The Bertz CT molecular complexity index is 1180. The topological polar surface area (TPSA) is 108 Å². The van der Waals surface area contributed by atoms with Crippen molar-refractivity contribution in [3.05, 3.63) is 64.4 Å². The fourth-order valence-corrected chi connectivity index (χ4v) is 3.83. The molecule has 0 fully saturated rings. The number of hydrogen-bond acceptors (Lipinski definition) is 5. The molecule has 0 atom stereocenters. The number of anilines is 1. The van der Waals surface area contributed by atoms with Crippen molar-refractivity contribution in [2.75, 3.05) is 11.3 Å². The second-order valence-electron chi connectivity index (χ2n) is 7.24. The molecule has 3 N–H and O–H groups in total. The minimum absolute atomic E-state index is 0.0306. The summed E-state index contributed by atoms with van der Waals surface area (Å²) in [5.74, 6) is 0.151. The number of fused-ring (bicyclic) bond motifs is 1. The third-order valence-corrected chi connectivity index (χ3v) is 5.42. The molecule has 1 aromatic heterocycles. The maximum atomic E-state index is 12.9. The van der Waals surface area contributed by atoms with Crippen LogP contribution < -0.4 is 15.0 Å². The lowest BCUT2D eigenvalue weighted by atomic mass is 10.1. The van der Waals surface area contributed by atoms with Gasteiger partial charge >= 0.3 is 0 Å². The van der Waals surface area contributed by atoms with Crippen LogP contribution in [-0.2, 0) is 10.0 Å². The molecular formula is C20H22N2O5S. The van der Waals surface area contributed by atoms with Crippen molar-refractivity contribution < 1.29 is 18.3 Å². The minimum Gasteiger partial charge on any atom is -0.489 e. The molecule has 0 bridgehead atoms. The highest BCUT2D eigenvalue weighted by Gasteiger charge is 2.22. The Labute approximate surface area is 163 Å². The van der Waals surface area contributed by atoms with Crippen LogP contribution in [0, 0.1) is 6.92 Å². The van der Waals surface area contributed by atoms with Crippen LogP contribution in [-0.4, -0.2) is 30.7 Å². The smallest absolute Gasteiger partial charge is 0.265 e. The van der Waals surface area contributed by atoms with Crippen molar-refractivity contribution >= 4 is 26.6 Å². The molecule has 0 radical (unpaired) electrons. The lowest BCUT2D eigenvalue weighted by Gasteiger charge is -2.19. The Morgan fingerprint density at radius 1 is 1.14 bits per heavy atom.